The summed E-state index contributed by atoms with van der Waals surface area (Å²) >= 11 is 0. The van der Waals surface area contributed by atoms with Crippen LogP contribution in [-0.4, -0.2) is 19.0 Å². The second kappa shape index (κ2) is 5.39. The van der Waals surface area contributed by atoms with Crippen LogP contribution in [0.5, 0.6) is 0 Å². The van der Waals surface area contributed by atoms with Gasteiger partial charge in [0, 0.05) is 18.7 Å². The molecule has 0 aliphatic heterocycles. The van der Waals surface area contributed by atoms with Gasteiger partial charge in [0.2, 0.25) is 0 Å². The summed E-state index contributed by atoms with van der Waals surface area (Å²) in [5, 5.41) is 5.85. The molecule has 4 heteroatoms. The van der Waals surface area contributed by atoms with Gasteiger partial charge in [-0.1, -0.05) is 6.92 Å². The molecule has 1 aromatic rings. The van der Waals surface area contributed by atoms with Gasteiger partial charge in [0.05, 0.1) is 11.4 Å². The maximum absolute atomic E-state index is 11.4. The number of hydrogen-bond acceptors (Lipinski definition) is 3. The Morgan fingerprint density at radius 1 is 1.50 bits per heavy atom. The molecule has 1 atom stereocenters. The molecule has 0 fully saturated rings. The summed E-state index contributed by atoms with van der Waals surface area (Å²) in [7, 11) is 1.60. The van der Waals surface area contributed by atoms with E-state index in [-0.39, 0.29) is 5.91 Å². The lowest BCUT2D eigenvalue weighted by atomic mass is 10.1. The highest BCUT2D eigenvalue weighted by molar-refractivity contribution is 5.95. The fraction of sp³-hybridized carbons (Fsp3) is 0.417. The van der Waals surface area contributed by atoms with Crippen molar-refractivity contribution in [2.24, 2.45) is 0 Å². The van der Waals surface area contributed by atoms with Crippen LogP contribution in [0.25, 0.3) is 0 Å². The Bertz CT molecular complexity index is 377. The van der Waals surface area contributed by atoms with E-state index in [0.29, 0.717) is 17.3 Å². The second-order valence-electron chi connectivity index (χ2n) is 3.83. The Hall–Kier alpha value is -1.71. The van der Waals surface area contributed by atoms with Crippen molar-refractivity contribution in [3.63, 3.8) is 0 Å². The number of rotatable bonds is 4. The van der Waals surface area contributed by atoms with Gasteiger partial charge in [0.25, 0.3) is 5.91 Å². The van der Waals surface area contributed by atoms with E-state index in [1.165, 1.54) is 0 Å². The van der Waals surface area contributed by atoms with Crippen molar-refractivity contribution in [2.75, 3.05) is 18.1 Å². The van der Waals surface area contributed by atoms with Gasteiger partial charge in [-0.2, -0.15) is 0 Å². The highest BCUT2D eigenvalue weighted by atomic mass is 16.1. The molecule has 16 heavy (non-hydrogen) atoms. The van der Waals surface area contributed by atoms with Crippen molar-refractivity contribution < 1.29 is 4.79 Å². The highest BCUT2D eigenvalue weighted by Crippen LogP contribution is 2.21. The molecule has 0 bridgehead atoms. The first-order chi connectivity index (χ1) is 7.58. The number of nitrogen functional groups attached to an aromatic ring is 1. The lowest BCUT2D eigenvalue weighted by Crippen LogP contribution is -2.19. The SMILES string of the molecule is CC[C@@H](C)Nc1ccc(C(=O)NC)cc1N. The molecule has 0 saturated heterocycles. The maximum atomic E-state index is 11.4. The zero-order chi connectivity index (χ0) is 12.1. The molecule has 0 aliphatic rings. The average molecular weight is 221 g/mol. The number of benzene rings is 1. The molecular formula is C12H19N3O. The predicted octanol–water partition coefficient (Wildman–Crippen LogP) is 1.84. The number of amides is 1. The molecule has 0 aliphatic carbocycles. The lowest BCUT2D eigenvalue weighted by Gasteiger charge is -2.15. The van der Waals surface area contributed by atoms with E-state index in [9.17, 15) is 4.79 Å². The first-order valence-electron chi connectivity index (χ1n) is 5.46. The van der Waals surface area contributed by atoms with Gasteiger partial charge in [0.1, 0.15) is 0 Å². The van der Waals surface area contributed by atoms with E-state index in [0.717, 1.165) is 12.1 Å². The number of hydrogen-bond donors (Lipinski definition) is 3. The van der Waals surface area contributed by atoms with Crippen LogP contribution in [0.3, 0.4) is 0 Å². The normalized spacial score (nSPS) is 11.9. The largest absolute Gasteiger partial charge is 0.397 e. The van der Waals surface area contributed by atoms with Crippen LogP contribution in [0.4, 0.5) is 11.4 Å². The molecule has 0 heterocycles. The van der Waals surface area contributed by atoms with E-state index in [2.05, 4.69) is 24.5 Å². The van der Waals surface area contributed by atoms with Crippen molar-refractivity contribution in [3.05, 3.63) is 23.8 Å². The summed E-state index contributed by atoms with van der Waals surface area (Å²) in [6, 6.07) is 5.66. The van der Waals surface area contributed by atoms with Gasteiger partial charge in [0.15, 0.2) is 0 Å². The highest BCUT2D eigenvalue weighted by Gasteiger charge is 2.07. The fourth-order valence-electron chi connectivity index (χ4n) is 1.35. The maximum Gasteiger partial charge on any atom is 0.251 e. The number of carbonyl (C=O) groups excluding carboxylic acids is 1. The second-order valence-corrected chi connectivity index (χ2v) is 3.83. The Balaban J connectivity index is 2.87. The van der Waals surface area contributed by atoms with E-state index in [1.807, 2.05) is 6.07 Å². The molecule has 0 aromatic heterocycles. The van der Waals surface area contributed by atoms with Crippen LogP contribution in [0.2, 0.25) is 0 Å². The van der Waals surface area contributed by atoms with E-state index in [1.54, 1.807) is 19.2 Å². The third-order valence-corrected chi connectivity index (χ3v) is 2.56. The van der Waals surface area contributed by atoms with Crippen molar-refractivity contribution in [1.29, 1.82) is 0 Å². The van der Waals surface area contributed by atoms with Crippen LogP contribution < -0.4 is 16.4 Å². The Morgan fingerprint density at radius 2 is 2.19 bits per heavy atom. The van der Waals surface area contributed by atoms with Crippen molar-refractivity contribution >= 4 is 17.3 Å². The minimum Gasteiger partial charge on any atom is -0.397 e. The van der Waals surface area contributed by atoms with Crippen molar-refractivity contribution in [1.82, 2.24) is 5.32 Å². The van der Waals surface area contributed by atoms with Gasteiger partial charge in [-0.25, -0.2) is 0 Å². The summed E-state index contributed by atoms with van der Waals surface area (Å²) in [5.74, 6) is -0.123. The number of nitrogens with one attached hydrogen (secondary N) is 2. The smallest absolute Gasteiger partial charge is 0.251 e. The minimum atomic E-state index is -0.123. The summed E-state index contributed by atoms with van der Waals surface area (Å²) in [6.45, 7) is 4.19. The van der Waals surface area contributed by atoms with Crippen molar-refractivity contribution in [3.8, 4) is 0 Å². The van der Waals surface area contributed by atoms with E-state index in [4.69, 9.17) is 5.73 Å². The Morgan fingerprint density at radius 3 is 2.69 bits per heavy atom. The van der Waals surface area contributed by atoms with Gasteiger partial charge >= 0.3 is 0 Å². The summed E-state index contributed by atoms with van der Waals surface area (Å²) < 4.78 is 0. The van der Waals surface area contributed by atoms with Crippen LogP contribution in [0.1, 0.15) is 30.6 Å². The quantitative estimate of drug-likeness (QED) is 0.680. The molecule has 1 amide bonds. The molecule has 1 aromatic carbocycles. The Kier molecular flexibility index (Phi) is 4.17. The van der Waals surface area contributed by atoms with Crippen molar-refractivity contribution in [2.45, 2.75) is 26.3 Å². The third-order valence-electron chi connectivity index (χ3n) is 2.56. The molecule has 0 saturated carbocycles. The van der Waals surface area contributed by atoms with E-state index >= 15 is 0 Å². The zero-order valence-corrected chi connectivity index (χ0v) is 10.0. The molecule has 0 radical (unpaired) electrons. The number of nitrogens with two attached hydrogens (primary N) is 1. The molecule has 1 rings (SSSR count). The standard InChI is InChI=1S/C12H19N3O/c1-4-8(2)15-11-6-5-9(7-10(11)13)12(16)14-3/h5-8,15H,4,13H2,1-3H3,(H,14,16)/t8-/m1/s1. The molecule has 0 spiro atoms. The number of anilines is 2. The topological polar surface area (TPSA) is 67.2 Å². The first-order valence-corrected chi connectivity index (χ1v) is 5.46. The van der Waals surface area contributed by atoms with Gasteiger partial charge in [-0.3, -0.25) is 4.79 Å². The van der Waals surface area contributed by atoms with E-state index < -0.39 is 0 Å². The third kappa shape index (κ3) is 2.89. The van der Waals surface area contributed by atoms with Crippen LogP contribution in [0.15, 0.2) is 18.2 Å². The van der Waals surface area contributed by atoms with Gasteiger partial charge in [-0.15, -0.1) is 0 Å². The van der Waals surface area contributed by atoms with Crippen LogP contribution in [-0.2, 0) is 0 Å². The first kappa shape index (κ1) is 12.4. The predicted molar refractivity (Wildman–Crippen MR) is 67.6 cm³/mol. The van der Waals surface area contributed by atoms with Crippen LogP contribution >= 0.6 is 0 Å². The monoisotopic (exact) mass is 221 g/mol. The summed E-state index contributed by atoms with van der Waals surface area (Å²) in [5.41, 5.74) is 7.93. The molecular weight excluding hydrogens is 202 g/mol. The molecule has 0 unspecified atom stereocenters. The van der Waals surface area contributed by atoms with Crippen LogP contribution in [0, 0.1) is 0 Å². The molecule has 4 nitrogen and oxygen atoms in total. The molecule has 4 N–H and O–H groups in total. The van der Waals surface area contributed by atoms with Gasteiger partial charge < -0.3 is 16.4 Å². The lowest BCUT2D eigenvalue weighted by molar-refractivity contribution is 0.0963. The minimum absolute atomic E-state index is 0.123. The zero-order valence-electron chi connectivity index (χ0n) is 10.0. The van der Waals surface area contributed by atoms with Gasteiger partial charge in [-0.05, 0) is 31.5 Å². The molecule has 88 valence electrons. The average Bonchev–Trinajstić information content (AvgIpc) is 2.30. The number of carbonyl (C=O) groups is 1. The fourth-order valence-corrected chi connectivity index (χ4v) is 1.35. The summed E-state index contributed by atoms with van der Waals surface area (Å²) in [4.78, 5) is 11.4. The summed E-state index contributed by atoms with van der Waals surface area (Å²) in [6.07, 6.45) is 1.02. The Labute approximate surface area is 96.2 Å².